The molecule has 0 fully saturated rings. The third-order valence-electron chi connectivity index (χ3n) is 4.45. The first kappa shape index (κ1) is 15.3. The number of cyclic esters (lactones) is 1. The van der Waals surface area contributed by atoms with Crippen LogP contribution in [0, 0.1) is 0 Å². The molecule has 4 rings (SSSR count). The van der Waals surface area contributed by atoms with Gasteiger partial charge in [0, 0.05) is 17.8 Å². The Morgan fingerprint density at radius 3 is 2.92 bits per heavy atom. The van der Waals surface area contributed by atoms with Crippen molar-refractivity contribution in [3.05, 3.63) is 40.0 Å². The molecule has 2 aliphatic heterocycles. The van der Waals surface area contributed by atoms with Gasteiger partial charge in [0.25, 0.3) is 0 Å². The summed E-state index contributed by atoms with van der Waals surface area (Å²) in [4.78, 5) is 18.4. The summed E-state index contributed by atoms with van der Waals surface area (Å²) in [6, 6.07) is 7.63. The number of benzene rings is 1. The van der Waals surface area contributed by atoms with E-state index in [0.29, 0.717) is 22.7 Å². The maximum Gasteiger partial charge on any atom is 0.415 e. The van der Waals surface area contributed by atoms with Crippen molar-refractivity contribution in [2.75, 3.05) is 22.5 Å². The average Bonchev–Trinajstić information content (AvgIpc) is 2.93. The molecule has 7 heteroatoms. The van der Waals surface area contributed by atoms with E-state index in [2.05, 4.69) is 26.2 Å². The van der Waals surface area contributed by atoms with E-state index < -0.39 is 5.60 Å². The van der Waals surface area contributed by atoms with Gasteiger partial charge in [0.15, 0.2) is 5.82 Å². The molecule has 0 radical (unpaired) electrons. The topological polar surface area (TPSA) is 80.5 Å². The predicted molar refractivity (Wildman–Crippen MR) is 96.6 cm³/mol. The van der Waals surface area contributed by atoms with Crippen LogP contribution in [0.2, 0.25) is 0 Å². The molecule has 1 amide bonds. The van der Waals surface area contributed by atoms with E-state index >= 15 is 0 Å². The standard InChI is InChI=1S/C17H17BrN4O2/c1-17(2)13-11(20-15-10(19)4-6-12(18)21-15)5-3-9-7-8-22(14(9)13)16(23)24-17/h3-6H,7-8,19H2,1-2H3,(H,20,21). The van der Waals surface area contributed by atoms with Crippen molar-refractivity contribution in [2.45, 2.75) is 25.9 Å². The molecule has 0 atom stereocenters. The van der Waals surface area contributed by atoms with Crippen molar-refractivity contribution in [3.63, 3.8) is 0 Å². The molecule has 0 bridgehead atoms. The van der Waals surface area contributed by atoms with Crippen molar-refractivity contribution in [2.24, 2.45) is 0 Å². The van der Waals surface area contributed by atoms with Crippen LogP contribution in [0.1, 0.15) is 25.0 Å². The van der Waals surface area contributed by atoms with Gasteiger partial charge in [0.2, 0.25) is 0 Å². The van der Waals surface area contributed by atoms with Crippen molar-refractivity contribution in [1.82, 2.24) is 4.98 Å². The monoisotopic (exact) mass is 388 g/mol. The zero-order valence-corrected chi connectivity index (χ0v) is 15.0. The van der Waals surface area contributed by atoms with Gasteiger partial charge in [0.05, 0.1) is 11.4 Å². The molecule has 2 aromatic rings. The number of anilines is 4. The van der Waals surface area contributed by atoms with E-state index in [1.807, 2.05) is 26.0 Å². The lowest BCUT2D eigenvalue weighted by molar-refractivity contribution is 0.0364. The van der Waals surface area contributed by atoms with Crippen LogP contribution >= 0.6 is 15.9 Å². The van der Waals surface area contributed by atoms with E-state index in [4.69, 9.17) is 10.5 Å². The Morgan fingerprint density at radius 2 is 2.12 bits per heavy atom. The summed E-state index contributed by atoms with van der Waals surface area (Å²) < 4.78 is 6.35. The Balaban J connectivity index is 1.87. The number of nitrogens with zero attached hydrogens (tertiary/aromatic N) is 2. The summed E-state index contributed by atoms with van der Waals surface area (Å²) in [5, 5.41) is 3.30. The predicted octanol–water partition coefficient (Wildman–Crippen LogP) is 3.92. The molecule has 124 valence electrons. The Morgan fingerprint density at radius 1 is 1.33 bits per heavy atom. The lowest BCUT2D eigenvalue weighted by Gasteiger charge is -2.38. The molecule has 1 aromatic heterocycles. The molecule has 0 spiro atoms. The molecule has 3 N–H and O–H groups in total. The third kappa shape index (κ3) is 2.23. The number of amides is 1. The van der Waals surface area contributed by atoms with Crippen molar-refractivity contribution in [1.29, 1.82) is 0 Å². The molecule has 0 unspecified atom stereocenters. The van der Waals surface area contributed by atoms with Crippen molar-refractivity contribution < 1.29 is 9.53 Å². The average molecular weight is 389 g/mol. The number of nitrogens with one attached hydrogen (secondary N) is 1. The fourth-order valence-corrected chi connectivity index (χ4v) is 3.69. The molecule has 0 aliphatic carbocycles. The van der Waals surface area contributed by atoms with Crippen molar-refractivity contribution in [3.8, 4) is 0 Å². The molecule has 6 nitrogen and oxygen atoms in total. The number of ether oxygens (including phenoxy) is 1. The number of halogens is 1. The van der Waals surface area contributed by atoms with Gasteiger partial charge in [-0.15, -0.1) is 0 Å². The van der Waals surface area contributed by atoms with Gasteiger partial charge in [0.1, 0.15) is 10.2 Å². The summed E-state index contributed by atoms with van der Waals surface area (Å²) in [5.74, 6) is 0.567. The Kier molecular flexibility index (Phi) is 3.25. The van der Waals surface area contributed by atoms with Gasteiger partial charge in [-0.1, -0.05) is 6.07 Å². The highest BCUT2D eigenvalue weighted by atomic mass is 79.9. The van der Waals surface area contributed by atoms with E-state index in [-0.39, 0.29) is 6.09 Å². The van der Waals surface area contributed by atoms with E-state index in [0.717, 1.165) is 28.9 Å². The van der Waals surface area contributed by atoms with Gasteiger partial charge in [-0.05, 0) is 60.0 Å². The van der Waals surface area contributed by atoms with E-state index in [1.165, 1.54) is 0 Å². The largest absolute Gasteiger partial charge is 0.438 e. The van der Waals surface area contributed by atoms with Gasteiger partial charge in [-0.25, -0.2) is 9.78 Å². The highest BCUT2D eigenvalue weighted by Crippen LogP contribution is 2.48. The SMILES string of the molecule is CC1(C)OC(=O)N2CCc3ccc(Nc4nc(Br)ccc4N)c1c32. The molecule has 3 heterocycles. The minimum atomic E-state index is -0.730. The maximum atomic E-state index is 12.3. The lowest BCUT2D eigenvalue weighted by Crippen LogP contribution is -2.42. The first-order valence-corrected chi connectivity index (χ1v) is 8.52. The summed E-state index contributed by atoms with van der Waals surface area (Å²) in [6.07, 6.45) is 0.550. The molecule has 2 aliphatic rings. The minimum Gasteiger partial charge on any atom is -0.438 e. The number of hydrogen-bond donors (Lipinski definition) is 2. The van der Waals surface area contributed by atoms with Crippen LogP contribution in [-0.2, 0) is 16.8 Å². The Bertz CT molecular complexity index is 866. The van der Waals surface area contributed by atoms with Gasteiger partial charge in [-0.3, -0.25) is 4.90 Å². The van der Waals surface area contributed by atoms with Gasteiger partial charge < -0.3 is 15.8 Å². The van der Waals surface area contributed by atoms with Crippen LogP contribution in [0.4, 0.5) is 27.7 Å². The molecular formula is C17H17BrN4O2. The number of aromatic nitrogens is 1. The molecule has 0 saturated heterocycles. The quantitative estimate of drug-likeness (QED) is 0.762. The highest BCUT2D eigenvalue weighted by Gasteiger charge is 2.43. The Labute approximate surface area is 148 Å². The number of carbonyl (C=O) groups is 1. The first-order chi connectivity index (χ1) is 11.4. The molecule has 0 saturated carbocycles. The third-order valence-corrected chi connectivity index (χ3v) is 4.89. The smallest absolute Gasteiger partial charge is 0.415 e. The number of pyridine rings is 1. The van der Waals surface area contributed by atoms with Crippen LogP contribution < -0.4 is 16.0 Å². The van der Waals surface area contributed by atoms with Crippen LogP contribution in [-0.4, -0.2) is 17.6 Å². The second-order valence-electron chi connectivity index (χ2n) is 6.47. The van der Waals surface area contributed by atoms with Crippen LogP contribution in [0.5, 0.6) is 0 Å². The van der Waals surface area contributed by atoms with Crippen LogP contribution in [0.15, 0.2) is 28.9 Å². The first-order valence-electron chi connectivity index (χ1n) is 7.73. The molecule has 24 heavy (non-hydrogen) atoms. The summed E-state index contributed by atoms with van der Waals surface area (Å²) in [5.41, 5.74) is 9.77. The summed E-state index contributed by atoms with van der Waals surface area (Å²) in [6.45, 7) is 4.45. The highest BCUT2D eigenvalue weighted by molar-refractivity contribution is 9.10. The second kappa shape index (κ2) is 5.11. The number of nitrogens with two attached hydrogens (primary N) is 1. The molecule has 1 aromatic carbocycles. The Hall–Kier alpha value is -2.28. The van der Waals surface area contributed by atoms with Gasteiger partial charge >= 0.3 is 6.09 Å². The number of hydrogen-bond acceptors (Lipinski definition) is 5. The zero-order valence-electron chi connectivity index (χ0n) is 13.4. The number of carbonyl (C=O) groups excluding carboxylic acids is 1. The van der Waals surface area contributed by atoms with Gasteiger partial charge in [-0.2, -0.15) is 0 Å². The maximum absolute atomic E-state index is 12.3. The van der Waals surface area contributed by atoms with E-state index in [9.17, 15) is 4.79 Å². The van der Waals surface area contributed by atoms with Crippen LogP contribution in [0.3, 0.4) is 0 Å². The summed E-state index contributed by atoms with van der Waals surface area (Å²) in [7, 11) is 0. The minimum absolute atomic E-state index is 0.288. The number of nitrogen functional groups attached to an aromatic ring is 1. The molecular weight excluding hydrogens is 372 g/mol. The fourth-order valence-electron chi connectivity index (χ4n) is 3.38. The zero-order chi connectivity index (χ0) is 17.1. The number of rotatable bonds is 2. The van der Waals surface area contributed by atoms with Crippen molar-refractivity contribution >= 4 is 44.9 Å². The summed E-state index contributed by atoms with van der Waals surface area (Å²) >= 11 is 3.36. The van der Waals surface area contributed by atoms with Crippen LogP contribution in [0.25, 0.3) is 0 Å². The lowest BCUT2D eigenvalue weighted by atomic mass is 9.90. The van der Waals surface area contributed by atoms with E-state index in [1.54, 1.807) is 17.0 Å². The normalized spacial score (nSPS) is 17.5. The second-order valence-corrected chi connectivity index (χ2v) is 7.29. The fraction of sp³-hybridized carbons (Fsp3) is 0.294.